The van der Waals surface area contributed by atoms with E-state index >= 15 is 0 Å². The summed E-state index contributed by atoms with van der Waals surface area (Å²) in [4.78, 5) is 23.9. The third-order valence-corrected chi connectivity index (χ3v) is 4.15. The summed E-state index contributed by atoms with van der Waals surface area (Å²) in [5.41, 5.74) is 5.91. The van der Waals surface area contributed by atoms with Crippen molar-refractivity contribution in [1.82, 2.24) is 10.9 Å². The Morgan fingerprint density at radius 3 is 2.56 bits per heavy atom. The molecule has 0 radical (unpaired) electrons. The van der Waals surface area contributed by atoms with Crippen LogP contribution in [0.4, 0.5) is 0 Å². The van der Waals surface area contributed by atoms with Crippen LogP contribution in [-0.2, 0) is 4.79 Å². The number of amides is 2. The minimum atomic E-state index is -0.445. The van der Waals surface area contributed by atoms with E-state index in [1.165, 1.54) is 6.08 Å². The van der Waals surface area contributed by atoms with Gasteiger partial charge in [0.25, 0.3) is 11.8 Å². The van der Waals surface area contributed by atoms with Gasteiger partial charge in [0.05, 0.1) is 0 Å². The third-order valence-electron chi connectivity index (χ3n) is 3.42. The molecule has 2 aromatic carbocycles. The highest BCUT2D eigenvalue weighted by Crippen LogP contribution is 2.30. The fourth-order valence-electron chi connectivity index (χ4n) is 2.19. The summed E-state index contributed by atoms with van der Waals surface area (Å²) in [6, 6.07) is 12.3. The molecule has 7 heteroatoms. The van der Waals surface area contributed by atoms with Gasteiger partial charge in [0, 0.05) is 16.1 Å². The molecule has 128 valence electrons. The highest BCUT2D eigenvalue weighted by Gasteiger charge is 2.15. The number of rotatable bonds is 3. The van der Waals surface area contributed by atoms with Crippen molar-refractivity contribution in [2.24, 2.45) is 0 Å². The smallest absolute Gasteiger partial charge is 0.269 e. The highest BCUT2D eigenvalue weighted by molar-refractivity contribution is 9.10. The summed E-state index contributed by atoms with van der Waals surface area (Å²) < 4.78 is 11.7. The van der Waals surface area contributed by atoms with Crippen molar-refractivity contribution in [2.75, 3.05) is 13.2 Å². The number of hydrogen-bond donors (Lipinski definition) is 2. The molecule has 0 atom stereocenters. The van der Waals surface area contributed by atoms with Crippen LogP contribution in [0.25, 0.3) is 6.08 Å². The van der Waals surface area contributed by atoms with Crippen molar-refractivity contribution in [2.45, 2.75) is 0 Å². The lowest BCUT2D eigenvalue weighted by molar-refractivity contribution is -0.117. The number of ether oxygens (including phenoxy) is 2. The van der Waals surface area contributed by atoms with Crippen LogP contribution in [0.5, 0.6) is 11.5 Å². The summed E-state index contributed by atoms with van der Waals surface area (Å²) in [7, 11) is 0. The molecule has 0 unspecified atom stereocenters. The molecule has 6 nitrogen and oxygen atoms in total. The van der Waals surface area contributed by atoms with Crippen LogP contribution in [0.15, 0.2) is 53.0 Å². The van der Waals surface area contributed by atoms with E-state index in [0.717, 1.165) is 10.0 Å². The second-order valence-corrected chi connectivity index (χ2v) is 6.01. The van der Waals surface area contributed by atoms with Gasteiger partial charge in [0.15, 0.2) is 11.5 Å². The van der Waals surface area contributed by atoms with E-state index in [-0.39, 0.29) is 0 Å². The molecular weight excluding hydrogens is 388 g/mol. The minimum absolute atomic E-state index is 0.360. The van der Waals surface area contributed by atoms with Gasteiger partial charge < -0.3 is 9.47 Å². The SMILES string of the molecule is O=C(/C=C/c1ccccc1Br)NNC(=O)c1ccc2c(c1)OCCO2. The molecule has 0 aromatic heterocycles. The Balaban J connectivity index is 1.57. The standard InChI is InChI=1S/C18H15BrN2O4/c19-14-4-2-1-3-12(14)6-8-17(22)20-21-18(23)13-5-7-15-16(11-13)25-10-9-24-15/h1-8,11H,9-10H2,(H,20,22)(H,21,23)/b8-6+. The van der Waals surface area contributed by atoms with Crippen LogP contribution in [0.1, 0.15) is 15.9 Å². The zero-order chi connectivity index (χ0) is 17.6. The number of fused-ring (bicyclic) bond motifs is 1. The quantitative estimate of drug-likeness (QED) is 0.611. The van der Waals surface area contributed by atoms with Gasteiger partial charge in [0.1, 0.15) is 13.2 Å². The lowest BCUT2D eigenvalue weighted by Gasteiger charge is -2.18. The topological polar surface area (TPSA) is 76.7 Å². The second-order valence-electron chi connectivity index (χ2n) is 5.16. The third kappa shape index (κ3) is 4.39. The average molecular weight is 403 g/mol. The van der Waals surface area contributed by atoms with Crippen LogP contribution in [0.3, 0.4) is 0 Å². The molecule has 2 N–H and O–H groups in total. The Bertz CT molecular complexity index is 836. The van der Waals surface area contributed by atoms with Gasteiger partial charge in [-0.2, -0.15) is 0 Å². The molecule has 0 bridgehead atoms. The van der Waals surface area contributed by atoms with Crippen molar-refractivity contribution >= 4 is 33.8 Å². The lowest BCUT2D eigenvalue weighted by atomic mass is 10.2. The van der Waals surface area contributed by atoms with Gasteiger partial charge in [-0.3, -0.25) is 20.4 Å². The number of halogens is 1. The summed E-state index contributed by atoms with van der Waals surface area (Å²) in [5.74, 6) is 0.225. The van der Waals surface area contributed by atoms with Crippen molar-refractivity contribution in [3.63, 3.8) is 0 Å². The van der Waals surface area contributed by atoms with Crippen molar-refractivity contribution in [3.8, 4) is 11.5 Å². The van der Waals surface area contributed by atoms with Gasteiger partial charge in [0.2, 0.25) is 0 Å². The average Bonchev–Trinajstić information content (AvgIpc) is 2.65. The Kier molecular flexibility index (Phi) is 5.35. The normalized spacial score (nSPS) is 12.7. The minimum Gasteiger partial charge on any atom is -0.486 e. The molecule has 1 aliphatic heterocycles. The van der Waals surface area contributed by atoms with Crippen LogP contribution in [0, 0.1) is 0 Å². The number of carbonyl (C=O) groups excluding carboxylic acids is 2. The van der Waals surface area contributed by atoms with Gasteiger partial charge in [-0.15, -0.1) is 0 Å². The number of carbonyl (C=O) groups is 2. The maximum absolute atomic E-state index is 12.1. The van der Waals surface area contributed by atoms with Crippen molar-refractivity contribution in [1.29, 1.82) is 0 Å². The van der Waals surface area contributed by atoms with E-state index in [2.05, 4.69) is 26.8 Å². The Morgan fingerprint density at radius 1 is 1.00 bits per heavy atom. The van der Waals surface area contributed by atoms with E-state index in [1.54, 1.807) is 24.3 Å². The molecular formula is C18H15BrN2O4. The van der Waals surface area contributed by atoms with E-state index < -0.39 is 11.8 Å². The van der Waals surface area contributed by atoms with Crippen molar-refractivity contribution in [3.05, 3.63) is 64.1 Å². The van der Waals surface area contributed by atoms with E-state index in [1.807, 2.05) is 24.3 Å². The molecule has 2 aromatic rings. The van der Waals surface area contributed by atoms with Crippen LogP contribution >= 0.6 is 15.9 Å². The maximum Gasteiger partial charge on any atom is 0.269 e. The molecule has 1 heterocycles. The summed E-state index contributed by atoms with van der Waals surface area (Å²) in [6.45, 7) is 0.924. The summed E-state index contributed by atoms with van der Waals surface area (Å²) in [5, 5.41) is 0. The first-order chi connectivity index (χ1) is 12.1. The molecule has 0 saturated carbocycles. The van der Waals surface area contributed by atoms with Gasteiger partial charge in [-0.05, 0) is 35.9 Å². The first-order valence-electron chi connectivity index (χ1n) is 7.56. The van der Waals surface area contributed by atoms with Crippen LogP contribution in [-0.4, -0.2) is 25.0 Å². The molecule has 0 spiro atoms. The van der Waals surface area contributed by atoms with Crippen molar-refractivity contribution < 1.29 is 19.1 Å². The van der Waals surface area contributed by atoms with Gasteiger partial charge >= 0.3 is 0 Å². The first-order valence-corrected chi connectivity index (χ1v) is 8.35. The zero-order valence-corrected chi connectivity index (χ0v) is 14.7. The Morgan fingerprint density at radius 2 is 1.76 bits per heavy atom. The highest BCUT2D eigenvalue weighted by atomic mass is 79.9. The fourth-order valence-corrected chi connectivity index (χ4v) is 2.61. The number of nitrogens with one attached hydrogen (secondary N) is 2. The van der Waals surface area contributed by atoms with E-state index in [9.17, 15) is 9.59 Å². The fraction of sp³-hybridized carbons (Fsp3) is 0.111. The predicted octanol–water partition coefficient (Wildman–Crippen LogP) is 2.69. The second kappa shape index (κ2) is 7.85. The zero-order valence-electron chi connectivity index (χ0n) is 13.1. The van der Waals surface area contributed by atoms with E-state index in [0.29, 0.717) is 30.3 Å². The molecule has 0 saturated heterocycles. The largest absolute Gasteiger partial charge is 0.486 e. The molecule has 0 fully saturated rings. The van der Waals surface area contributed by atoms with Crippen LogP contribution in [0.2, 0.25) is 0 Å². The molecule has 1 aliphatic rings. The molecule has 0 aliphatic carbocycles. The Hall–Kier alpha value is -2.80. The first kappa shape index (κ1) is 17.0. The van der Waals surface area contributed by atoms with Crippen LogP contribution < -0.4 is 20.3 Å². The number of hydrogen-bond acceptors (Lipinski definition) is 4. The Labute approximate surface area is 152 Å². The van der Waals surface area contributed by atoms with Gasteiger partial charge in [-0.25, -0.2) is 0 Å². The molecule has 25 heavy (non-hydrogen) atoms. The monoisotopic (exact) mass is 402 g/mol. The lowest BCUT2D eigenvalue weighted by Crippen LogP contribution is -2.40. The summed E-state index contributed by atoms with van der Waals surface area (Å²) >= 11 is 3.39. The molecule has 3 rings (SSSR count). The van der Waals surface area contributed by atoms with E-state index in [4.69, 9.17) is 9.47 Å². The molecule has 2 amide bonds. The predicted molar refractivity (Wildman–Crippen MR) is 96.2 cm³/mol. The summed E-state index contributed by atoms with van der Waals surface area (Å²) in [6.07, 6.45) is 2.99. The maximum atomic E-state index is 12.1. The number of hydrazine groups is 1. The number of benzene rings is 2. The van der Waals surface area contributed by atoms with Gasteiger partial charge in [-0.1, -0.05) is 34.1 Å².